The molecule has 0 aromatic carbocycles. The molecule has 0 fully saturated rings. The van der Waals surface area contributed by atoms with Crippen molar-refractivity contribution in [1.82, 2.24) is 24.3 Å². The summed E-state index contributed by atoms with van der Waals surface area (Å²) in [5.41, 5.74) is -9.25. The Balaban J connectivity index is 2.24. The number of rotatable bonds is 2. The SMILES string of the molecule is C[C@H]1Cn2c(nnc2C(O)(C(F)(F)F)C(F)(F)F)-c2cnc([C@@](C)(O)C(F)(F)F)n21. The molecule has 1 aliphatic rings. The van der Waals surface area contributed by atoms with Crippen LogP contribution < -0.4 is 0 Å². The largest absolute Gasteiger partial charge is 0.433 e. The Labute approximate surface area is 160 Å². The van der Waals surface area contributed by atoms with Gasteiger partial charge in [0.05, 0.1) is 12.2 Å². The Morgan fingerprint density at radius 3 is 1.90 bits per heavy atom. The molecule has 0 saturated carbocycles. The molecule has 0 spiro atoms. The van der Waals surface area contributed by atoms with Crippen molar-refractivity contribution < 1.29 is 49.7 Å². The highest BCUT2D eigenvalue weighted by atomic mass is 19.4. The summed E-state index contributed by atoms with van der Waals surface area (Å²) in [6.07, 6.45) is -16.9. The van der Waals surface area contributed by atoms with Crippen molar-refractivity contribution in [3.63, 3.8) is 0 Å². The lowest BCUT2D eigenvalue weighted by atomic mass is 10.0. The summed E-state index contributed by atoms with van der Waals surface area (Å²) in [4.78, 5) is 3.46. The smallest absolute Gasteiger partial charge is 0.374 e. The molecule has 30 heavy (non-hydrogen) atoms. The molecule has 0 saturated heterocycles. The molecule has 2 atom stereocenters. The molecule has 168 valence electrons. The summed E-state index contributed by atoms with van der Waals surface area (Å²) in [5.74, 6) is -3.51. The molecule has 0 radical (unpaired) electrons. The van der Waals surface area contributed by atoms with Crippen molar-refractivity contribution >= 4 is 0 Å². The van der Waals surface area contributed by atoms with E-state index in [1.807, 2.05) is 0 Å². The average molecular weight is 453 g/mol. The van der Waals surface area contributed by atoms with Gasteiger partial charge in [0.1, 0.15) is 5.69 Å². The number of alkyl halides is 9. The van der Waals surface area contributed by atoms with Crippen molar-refractivity contribution in [3.05, 3.63) is 17.8 Å². The molecule has 16 heteroatoms. The van der Waals surface area contributed by atoms with Crippen LogP contribution in [0.25, 0.3) is 11.5 Å². The van der Waals surface area contributed by atoms with Gasteiger partial charge in [0, 0.05) is 6.54 Å². The molecule has 2 aromatic heterocycles. The van der Waals surface area contributed by atoms with Crippen LogP contribution in [0.5, 0.6) is 0 Å². The number of hydrogen-bond acceptors (Lipinski definition) is 5. The normalized spacial score (nSPS) is 20.0. The molecule has 0 unspecified atom stereocenters. The number of halogens is 9. The predicted molar refractivity (Wildman–Crippen MR) is 77.6 cm³/mol. The van der Waals surface area contributed by atoms with Crippen LogP contribution in [0.3, 0.4) is 0 Å². The van der Waals surface area contributed by atoms with Gasteiger partial charge in [-0.15, -0.1) is 10.2 Å². The van der Waals surface area contributed by atoms with E-state index in [9.17, 15) is 49.7 Å². The van der Waals surface area contributed by atoms with Crippen molar-refractivity contribution in [2.45, 2.75) is 56.2 Å². The van der Waals surface area contributed by atoms with Gasteiger partial charge in [-0.1, -0.05) is 0 Å². The van der Waals surface area contributed by atoms with E-state index < -0.39 is 65.5 Å². The van der Waals surface area contributed by atoms with Crippen molar-refractivity contribution in [3.8, 4) is 11.5 Å². The predicted octanol–water partition coefficient (Wildman–Crippen LogP) is 2.80. The van der Waals surface area contributed by atoms with Gasteiger partial charge >= 0.3 is 24.1 Å². The van der Waals surface area contributed by atoms with Gasteiger partial charge in [0.2, 0.25) is 5.60 Å². The molecule has 1 aliphatic heterocycles. The summed E-state index contributed by atoms with van der Waals surface area (Å²) in [6.45, 7) is 0.802. The fourth-order valence-corrected chi connectivity index (χ4v) is 3.15. The molecule has 2 N–H and O–H groups in total. The summed E-state index contributed by atoms with van der Waals surface area (Å²) >= 11 is 0. The topological polar surface area (TPSA) is 89.0 Å². The first-order valence-corrected chi connectivity index (χ1v) is 8.02. The van der Waals surface area contributed by atoms with Crippen LogP contribution in [0.1, 0.15) is 31.5 Å². The van der Waals surface area contributed by atoms with E-state index in [-0.39, 0.29) is 0 Å². The minimum atomic E-state index is -6.22. The van der Waals surface area contributed by atoms with E-state index in [2.05, 4.69) is 15.2 Å². The zero-order chi connectivity index (χ0) is 23.1. The monoisotopic (exact) mass is 453 g/mol. The lowest BCUT2D eigenvalue weighted by Crippen LogP contribution is -2.55. The van der Waals surface area contributed by atoms with Gasteiger partial charge < -0.3 is 19.3 Å². The first kappa shape index (κ1) is 22.3. The van der Waals surface area contributed by atoms with Gasteiger partial charge in [-0.2, -0.15) is 39.5 Å². The Morgan fingerprint density at radius 2 is 1.43 bits per heavy atom. The highest BCUT2D eigenvalue weighted by Gasteiger charge is 2.74. The van der Waals surface area contributed by atoms with E-state index in [1.165, 1.54) is 6.92 Å². The molecular weight excluding hydrogens is 441 g/mol. The number of imidazole rings is 1. The van der Waals surface area contributed by atoms with Gasteiger partial charge in [0.25, 0.3) is 0 Å². The molecular formula is C14H12F9N5O2. The van der Waals surface area contributed by atoms with Crippen LogP contribution in [-0.2, 0) is 17.7 Å². The molecule has 7 nitrogen and oxygen atoms in total. The van der Waals surface area contributed by atoms with Gasteiger partial charge in [0.15, 0.2) is 17.5 Å². The average Bonchev–Trinajstić information content (AvgIpc) is 3.15. The molecule has 0 amide bonds. The van der Waals surface area contributed by atoms with Crippen LogP contribution in [0.4, 0.5) is 39.5 Å². The van der Waals surface area contributed by atoms with Gasteiger partial charge in [-0.25, -0.2) is 4.98 Å². The van der Waals surface area contributed by atoms with Crippen molar-refractivity contribution in [2.24, 2.45) is 0 Å². The third-order valence-corrected chi connectivity index (χ3v) is 4.80. The minimum absolute atomic E-state index is 0.314. The maximum absolute atomic E-state index is 13.2. The Kier molecular flexibility index (Phi) is 4.53. The summed E-state index contributed by atoms with van der Waals surface area (Å²) in [6, 6.07) is -1.21. The Morgan fingerprint density at radius 1 is 0.900 bits per heavy atom. The van der Waals surface area contributed by atoms with Crippen LogP contribution in [0, 0.1) is 0 Å². The summed E-state index contributed by atoms with van der Waals surface area (Å²) in [5, 5.41) is 25.5. The van der Waals surface area contributed by atoms with E-state index in [4.69, 9.17) is 0 Å². The maximum Gasteiger partial charge on any atom is 0.433 e. The third kappa shape index (κ3) is 2.79. The zero-order valence-corrected chi connectivity index (χ0v) is 14.9. The van der Waals surface area contributed by atoms with Gasteiger partial charge in [-0.3, -0.25) is 0 Å². The molecule has 0 aliphatic carbocycles. The number of fused-ring (bicyclic) bond motifs is 3. The number of nitrogens with zero attached hydrogens (tertiary/aromatic N) is 5. The lowest BCUT2D eigenvalue weighted by Gasteiger charge is -2.34. The standard InChI is InChI=1S/C14H12F9N5O2/c1-5-4-27-7(6-3-24-8(28(5)6)10(2,29)12(15,16)17)25-26-9(27)11(30,13(18,19)20)14(21,22)23/h3,5,29-30H,4H2,1-2H3/t5-,10+/m0/s1. The third-order valence-electron chi connectivity index (χ3n) is 4.80. The zero-order valence-electron chi connectivity index (χ0n) is 14.9. The lowest BCUT2D eigenvalue weighted by molar-refractivity contribution is -0.379. The molecule has 2 aromatic rings. The first-order valence-electron chi connectivity index (χ1n) is 8.02. The highest BCUT2D eigenvalue weighted by Crippen LogP contribution is 2.51. The molecule has 0 bridgehead atoms. The van der Waals surface area contributed by atoms with Crippen LogP contribution in [-0.4, -0.2) is 53.1 Å². The maximum atomic E-state index is 13.2. The van der Waals surface area contributed by atoms with Crippen molar-refractivity contribution in [2.75, 3.05) is 0 Å². The number of aliphatic hydroxyl groups is 2. The minimum Gasteiger partial charge on any atom is -0.374 e. The van der Waals surface area contributed by atoms with E-state index >= 15 is 0 Å². The fourth-order valence-electron chi connectivity index (χ4n) is 3.15. The molecule has 3 heterocycles. The van der Waals surface area contributed by atoms with E-state index in [0.29, 0.717) is 17.7 Å². The van der Waals surface area contributed by atoms with Crippen LogP contribution >= 0.6 is 0 Å². The van der Waals surface area contributed by atoms with Gasteiger partial charge in [-0.05, 0) is 13.8 Å². The second-order valence-electron chi connectivity index (χ2n) is 6.92. The highest BCUT2D eigenvalue weighted by molar-refractivity contribution is 5.53. The Bertz CT molecular complexity index is 956. The first-order chi connectivity index (χ1) is 13.4. The fraction of sp³-hybridized carbons (Fsp3) is 0.643. The molecule has 3 rings (SSSR count). The number of aromatic nitrogens is 5. The number of hydrogen-bond donors (Lipinski definition) is 2. The summed E-state index contributed by atoms with van der Waals surface area (Å²) < 4.78 is 120. The van der Waals surface area contributed by atoms with Crippen LogP contribution in [0.2, 0.25) is 0 Å². The summed E-state index contributed by atoms with van der Waals surface area (Å²) in [7, 11) is 0. The van der Waals surface area contributed by atoms with E-state index in [1.54, 1.807) is 0 Å². The Hall–Kier alpha value is -2.36. The van der Waals surface area contributed by atoms with E-state index in [0.717, 1.165) is 4.57 Å². The van der Waals surface area contributed by atoms with Crippen LogP contribution in [0.15, 0.2) is 6.20 Å². The quantitative estimate of drug-likeness (QED) is 0.683. The second kappa shape index (κ2) is 6.09. The van der Waals surface area contributed by atoms with Crippen molar-refractivity contribution in [1.29, 1.82) is 0 Å². The second-order valence-corrected chi connectivity index (χ2v) is 6.92.